The van der Waals surface area contributed by atoms with Crippen LogP contribution < -0.4 is 10.2 Å². The fourth-order valence-corrected chi connectivity index (χ4v) is 3.34. The summed E-state index contributed by atoms with van der Waals surface area (Å²) in [6.45, 7) is 3.59. The lowest BCUT2D eigenvalue weighted by atomic mass is 10.1. The fourth-order valence-electron chi connectivity index (χ4n) is 3.34. The lowest BCUT2D eigenvalue weighted by Crippen LogP contribution is -2.54. The van der Waals surface area contributed by atoms with E-state index in [0.717, 1.165) is 10.5 Å². The first-order chi connectivity index (χ1) is 15.2. The molecule has 1 aliphatic rings. The lowest BCUT2D eigenvalue weighted by molar-refractivity contribution is -0.384. The van der Waals surface area contributed by atoms with Gasteiger partial charge in [0, 0.05) is 17.7 Å². The molecule has 1 fully saturated rings. The molecule has 32 heavy (non-hydrogen) atoms. The number of carbonyl (C=O) groups is 3. The predicted octanol–water partition coefficient (Wildman–Crippen LogP) is 4.14. The van der Waals surface area contributed by atoms with Crippen molar-refractivity contribution in [1.29, 1.82) is 0 Å². The molecule has 2 aromatic carbocycles. The van der Waals surface area contributed by atoms with Crippen LogP contribution in [0.25, 0.3) is 17.4 Å². The standard InChI is InChI=1S/C23H17N3O6/c1-13-3-5-15(6-4-13)25-22(28)19(21(27)24-23(25)29)12-17-8-10-20(32-17)18-9-7-16(26(30)31)11-14(18)2/h3-12H,1-2H3,(H,24,27,29)/b19-12+. The van der Waals surface area contributed by atoms with Crippen molar-refractivity contribution >= 4 is 35.3 Å². The van der Waals surface area contributed by atoms with Gasteiger partial charge in [0.2, 0.25) is 0 Å². The van der Waals surface area contributed by atoms with Crippen molar-refractivity contribution in [1.82, 2.24) is 5.32 Å². The Balaban J connectivity index is 1.66. The molecule has 9 nitrogen and oxygen atoms in total. The molecule has 0 atom stereocenters. The second-order valence-electron chi connectivity index (χ2n) is 7.25. The zero-order valence-electron chi connectivity index (χ0n) is 17.1. The average Bonchev–Trinajstić information content (AvgIpc) is 3.20. The van der Waals surface area contributed by atoms with E-state index >= 15 is 0 Å². The number of non-ortho nitro benzene ring substituents is 1. The SMILES string of the molecule is Cc1ccc(N2C(=O)NC(=O)/C(=C\c3ccc(-c4ccc([N+](=O)[O-])cc4C)o3)C2=O)cc1. The summed E-state index contributed by atoms with van der Waals surface area (Å²) in [5.41, 5.74) is 2.26. The van der Waals surface area contributed by atoms with E-state index in [1.807, 2.05) is 6.92 Å². The van der Waals surface area contributed by atoms with Crippen LogP contribution in [0, 0.1) is 24.0 Å². The van der Waals surface area contributed by atoms with Crippen LogP contribution in [-0.2, 0) is 9.59 Å². The van der Waals surface area contributed by atoms with E-state index < -0.39 is 22.8 Å². The molecule has 2 heterocycles. The summed E-state index contributed by atoms with van der Waals surface area (Å²) in [5, 5.41) is 13.1. The number of benzene rings is 2. The number of aryl methyl sites for hydroxylation is 2. The second kappa shape index (κ2) is 7.95. The van der Waals surface area contributed by atoms with E-state index in [-0.39, 0.29) is 17.0 Å². The molecule has 1 N–H and O–H groups in total. The Bertz CT molecular complexity index is 1300. The summed E-state index contributed by atoms with van der Waals surface area (Å²) < 4.78 is 5.75. The minimum Gasteiger partial charge on any atom is -0.457 e. The van der Waals surface area contributed by atoms with Crippen molar-refractivity contribution in [2.45, 2.75) is 13.8 Å². The first-order valence-corrected chi connectivity index (χ1v) is 9.58. The molecular formula is C23H17N3O6. The Labute approximate surface area is 182 Å². The molecular weight excluding hydrogens is 414 g/mol. The van der Waals surface area contributed by atoms with Crippen LogP contribution in [0.2, 0.25) is 0 Å². The summed E-state index contributed by atoms with van der Waals surface area (Å²) in [6.07, 6.45) is 1.26. The second-order valence-corrected chi connectivity index (χ2v) is 7.25. The minimum absolute atomic E-state index is 0.0366. The third-order valence-electron chi connectivity index (χ3n) is 4.99. The molecule has 1 aliphatic heterocycles. The van der Waals surface area contributed by atoms with Crippen LogP contribution in [0.1, 0.15) is 16.9 Å². The highest BCUT2D eigenvalue weighted by molar-refractivity contribution is 6.39. The number of hydrogen-bond donors (Lipinski definition) is 1. The maximum absolute atomic E-state index is 12.9. The first-order valence-electron chi connectivity index (χ1n) is 9.58. The number of barbiturate groups is 1. The minimum atomic E-state index is -0.831. The number of amides is 4. The third-order valence-corrected chi connectivity index (χ3v) is 4.99. The van der Waals surface area contributed by atoms with Crippen molar-refractivity contribution in [3.63, 3.8) is 0 Å². The van der Waals surface area contributed by atoms with Gasteiger partial charge in [0.1, 0.15) is 17.1 Å². The first kappa shape index (κ1) is 20.7. The summed E-state index contributed by atoms with van der Waals surface area (Å²) in [5.74, 6) is -0.964. The lowest BCUT2D eigenvalue weighted by Gasteiger charge is -2.26. The van der Waals surface area contributed by atoms with Gasteiger partial charge < -0.3 is 4.42 Å². The van der Waals surface area contributed by atoms with E-state index in [1.54, 1.807) is 49.4 Å². The molecule has 0 radical (unpaired) electrons. The monoisotopic (exact) mass is 431 g/mol. The van der Waals surface area contributed by atoms with E-state index in [4.69, 9.17) is 4.42 Å². The molecule has 0 aliphatic carbocycles. The van der Waals surface area contributed by atoms with Gasteiger partial charge in [-0.15, -0.1) is 0 Å². The van der Waals surface area contributed by atoms with Crippen molar-refractivity contribution in [3.8, 4) is 11.3 Å². The van der Waals surface area contributed by atoms with Gasteiger partial charge in [-0.05, 0) is 55.8 Å². The molecule has 1 aromatic heterocycles. The largest absolute Gasteiger partial charge is 0.457 e. The molecule has 1 saturated heterocycles. The van der Waals surface area contributed by atoms with Gasteiger partial charge in [0.15, 0.2) is 0 Å². The molecule has 0 spiro atoms. The Morgan fingerprint density at radius 3 is 2.38 bits per heavy atom. The summed E-state index contributed by atoms with van der Waals surface area (Å²) in [6, 6.07) is 13.5. The van der Waals surface area contributed by atoms with E-state index in [0.29, 0.717) is 22.6 Å². The van der Waals surface area contributed by atoms with Gasteiger partial charge >= 0.3 is 6.03 Å². The van der Waals surface area contributed by atoms with Crippen LogP contribution in [0.4, 0.5) is 16.2 Å². The zero-order valence-corrected chi connectivity index (χ0v) is 17.1. The number of imide groups is 2. The summed E-state index contributed by atoms with van der Waals surface area (Å²) in [7, 11) is 0. The highest BCUT2D eigenvalue weighted by atomic mass is 16.6. The Morgan fingerprint density at radius 2 is 1.72 bits per heavy atom. The normalized spacial score (nSPS) is 15.2. The number of hydrogen-bond acceptors (Lipinski definition) is 6. The Kier molecular flexibility index (Phi) is 5.15. The predicted molar refractivity (Wildman–Crippen MR) is 116 cm³/mol. The maximum Gasteiger partial charge on any atom is 0.335 e. The number of carbonyl (C=O) groups excluding carboxylic acids is 3. The molecule has 9 heteroatoms. The number of urea groups is 1. The van der Waals surface area contributed by atoms with E-state index in [9.17, 15) is 24.5 Å². The summed E-state index contributed by atoms with van der Waals surface area (Å²) in [4.78, 5) is 48.9. The van der Waals surface area contributed by atoms with Crippen molar-refractivity contribution < 1.29 is 23.7 Å². The zero-order chi connectivity index (χ0) is 23.0. The van der Waals surface area contributed by atoms with Gasteiger partial charge in [0.25, 0.3) is 17.5 Å². The number of nitrogens with zero attached hydrogens (tertiary/aromatic N) is 2. The molecule has 4 amide bonds. The highest BCUT2D eigenvalue weighted by Gasteiger charge is 2.37. The number of nitrogens with one attached hydrogen (secondary N) is 1. The van der Waals surface area contributed by atoms with Gasteiger partial charge in [-0.25, -0.2) is 9.69 Å². The number of furan rings is 1. The molecule has 0 bridgehead atoms. The molecule has 0 unspecified atom stereocenters. The Hall–Kier alpha value is -4.53. The highest BCUT2D eigenvalue weighted by Crippen LogP contribution is 2.30. The van der Waals surface area contributed by atoms with Crippen molar-refractivity contribution in [2.24, 2.45) is 0 Å². The maximum atomic E-state index is 12.9. The van der Waals surface area contributed by atoms with Crippen LogP contribution >= 0.6 is 0 Å². The molecule has 0 saturated carbocycles. The summed E-state index contributed by atoms with van der Waals surface area (Å²) >= 11 is 0. The van der Waals surface area contributed by atoms with Crippen LogP contribution in [0.15, 0.2) is 64.6 Å². The van der Waals surface area contributed by atoms with E-state index in [1.165, 1.54) is 18.2 Å². The van der Waals surface area contributed by atoms with Crippen LogP contribution in [-0.4, -0.2) is 22.8 Å². The molecule has 4 rings (SSSR count). The van der Waals surface area contributed by atoms with Crippen molar-refractivity contribution in [3.05, 3.63) is 87.2 Å². The van der Waals surface area contributed by atoms with Gasteiger partial charge in [-0.3, -0.25) is 25.0 Å². The fraction of sp³-hybridized carbons (Fsp3) is 0.0870. The smallest absolute Gasteiger partial charge is 0.335 e. The van der Waals surface area contributed by atoms with Crippen LogP contribution in [0.3, 0.4) is 0 Å². The topological polar surface area (TPSA) is 123 Å². The average molecular weight is 431 g/mol. The molecule has 160 valence electrons. The van der Waals surface area contributed by atoms with Gasteiger partial charge in [0.05, 0.1) is 10.6 Å². The number of anilines is 1. The van der Waals surface area contributed by atoms with Crippen LogP contribution in [0.5, 0.6) is 0 Å². The van der Waals surface area contributed by atoms with Gasteiger partial charge in [-0.2, -0.15) is 0 Å². The van der Waals surface area contributed by atoms with Crippen molar-refractivity contribution in [2.75, 3.05) is 4.90 Å². The number of nitro groups is 1. The Morgan fingerprint density at radius 1 is 1.00 bits per heavy atom. The van der Waals surface area contributed by atoms with E-state index in [2.05, 4.69) is 5.32 Å². The van der Waals surface area contributed by atoms with Gasteiger partial charge in [-0.1, -0.05) is 17.7 Å². The number of nitro benzene ring substituents is 1. The molecule has 3 aromatic rings. The third kappa shape index (κ3) is 3.79. The quantitative estimate of drug-likeness (QED) is 0.287. The number of rotatable bonds is 4.